The summed E-state index contributed by atoms with van der Waals surface area (Å²) in [7, 11) is 0. The van der Waals surface area contributed by atoms with E-state index in [1.807, 2.05) is 0 Å². The molecule has 0 saturated carbocycles. The molecule has 0 aliphatic carbocycles. The van der Waals surface area contributed by atoms with Crippen LogP contribution in [0, 0.1) is 10.8 Å². The van der Waals surface area contributed by atoms with Crippen LogP contribution >= 0.6 is 0 Å². The number of carboxylic acids is 2. The summed E-state index contributed by atoms with van der Waals surface area (Å²) in [5.74, 6) is -2.44. The highest BCUT2D eigenvalue weighted by Gasteiger charge is 2.54. The molecule has 0 unspecified atom stereocenters. The van der Waals surface area contributed by atoms with Crippen LogP contribution in [0.5, 0.6) is 0 Å². The molecular weight excluding hydrogens is 268 g/mol. The summed E-state index contributed by atoms with van der Waals surface area (Å²) >= 11 is 0. The van der Waals surface area contributed by atoms with Crippen LogP contribution in [-0.2, 0) is 9.59 Å². The quantitative estimate of drug-likeness (QED) is 0.390. The van der Waals surface area contributed by atoms with Gasteiger partial charge in [0.2, 0.25) is 0 Å². The van der Waals surface area contributed by atoms with Crippen LogP contribution in [0.2, 0.25) is 0 Å². The van der Waals surface area contributed by atoms with Gasteiger partial charge in [-0.05, 0) is 11.8 Å². The van der Waals surface area contributed by atoms with E-state index < -0.39 is 22.8 Å². The van der Waals surface area contributed by atoms with Crippen molar-refractivity contribution in [3.8, 4) is 0 Å². The lowest BCUT2D eigenvalue weighted by atomic mass is 9.64. The maximum atomic E-state index is 11.5. The van der Waals surface area contributed by atoms with E-state index in [1.165, 1.54) is 6.42 Å². The zero-order valence-electron chi connectivity index (χ0n) is 12.7. The minimum Gasteiger partial charge on any atom is -0.480 e. The Morgan fingerprint density at radius 2 is 1.25 bits per heavy atom. The van der Waals surface area contributed by atoms with E-state index in [0.717, 1.165) is 25.7 Å². The average Bonchev–Trinajstić information content (AvgIpc) is 2.25. The fourth-order valence-electron chi connectivity index (χ4n) is 2.49. The smallest absolute Gasteiger partial charge is 0.321 e. The van der Waals surface area contributed by atoms with Gasteiger partial charge >= 0.3 is 35.0 Å². The van der Waals surface area contributed by atoms with Crippen molar-refractivity contribution in [3.05, 3.63) is 0 Å². The number of unbranched alkanes of at least 4 members (excludes halogenated alkanes) is 5. The van der Waals surface area contributed by atoms with E-state index >= 15 is 0 Å². The van der Waals surface area contributed by atoms with Crippen LogP contribution in [-0.4, -0.2) is 45.2 Å². The molecule has 0 bridgehead atoms. The highest BCUT2D eigenvalue weighted by molar-refractivity contribution is 5.99. The Morgan fingerprint density at radius 3 is 1.60 bits per heavy atom. The van der Waals surface area contributed by atoms with Crippen LogP contribution < -0.4 is 0 Å². The molecule has 0 saturated heterocycles. The molecule has 0 aromatic heterocycles. The van der Waals surface area contributed by atoms with Crippen LogP contribution in [0.4, 0.5) is 0 Å². The Kier molecular flexibility index (Phi) is 10.6. The molecule has 0 spiro atoms. The first-order chi connectivity index (χ1) is 8.70. The van der Waals surface area contributed by atoms with E-state index in [1.54, 1.807) is 20.8 Å². The number of aliphatic carboxylic acids is 2. The third-order valence-electron chi connectivity index (χ3n) is 3.92. The van der Waals surface area contributed by atoms with Crippen LogP contribution in [0.3, 0.4) is 0 Å². The topological polar surface area (TPSA) is 74.6 Å². The summed E-state index contributed by atoms with van der Waals surface area (Å²) < 4.78 is 0. The van der Waals surface area contributed by atoms with Gasteiger partial charge in [-0.2, -0.15) is 0 Å². The summed E-state index contributed by atoms with van der Waals surface area (Å²) in [6.45, 7) is 7.20. The highest BCUT2D eigenvalue weighted by Crippen LogP contribution is 2.43. The Morgan fingerprint density at radius 1 is 0.850 bits per heavy atom. The van der Waals surface area contributed by atoms with E-state index in [2.05, 4.69) is 6.92 Å². The third-order valence-corrected chi connectivity index (χ3v) is 3.92. The summed E-state index contributed by atoms with van der Waals surface area (Å²) in [4.78, 5) is 23.0. The van der Waals surface area contributed by atoms with E-state index in [4.69, 9.17) is 0 Å². The zero-order chi connectivity index (χ0) is 15.1. The lowest BCUT2D eigenvalue weighted by Gasteiger charge is -2.37. The molecule has 0 amide bonds. The molecule has 0 radical (unpaired) electrons. The second kappa shape index (κ2) is 9.61. The number of rotatable bonds is 9. The van der Waals surface area contributed by atoms with E-state index in [0.29, 0.717) is 6.42 Å². The van der Waals surface area contributed by atoms with Gasteiger partial charge in [-0.25, -0.2) is 0 Å². The van der Waals surface area contributed by atoms with Crippen molar-refractivity contribution in [2.75, 3.05) is 0 Å². The molecule has 0 atom stereocenters. The lowest BCUT2D eigenvalue weighted by molar-refractivity contribution is -0.174. The molecule has 4 nitrogen and oxygen atoms in total. The van der Waals surface area contributed by atoms with Crippen molar-refractivity contribution < 1.29 is 19.8 Å². The minimum absolute atomic E-state index is 0. The van der Waals surface area contributed by atoms with E-state index in [-0.39, 0.29) is 29.5 Å². The minimum atomic E-state index is -1.68. The first-order valence-electron chi connectivity index (χ1n) is 7.17. The van der Waals surface area contributed by atoms with Crippen molar-refractivity contribution in [1.82, 2.24) is 0 Å². The van der Waals surface area contributed by atoms with Gasteiger partial charge in [-0.15, -0.1) is 0 Å². The summed E-state index contributed by atoms with van der Waals surface area (Å²) in [5.41, 5.74) is -2.48. The molecule has 116 valence electrons. The number of carbonyl (C=O) groups is 2. The predicted molar refractivity (Wildman–Crippen MR) is 83.7 cm³/mol. The Bertz CT molecular complexity index is 293. The second-order valence-corrected chi connectivity index (χ2v) is 6.28. The van der Waals surface area contributed by atoms with Crippen LogP contribution in [0.15, 0.2) is 0 Å². The van der Waals surface area contributed by atoms with Gasteiger partial charge in [0, 0.05) is 0 Å². The van der Waals surface area contributed by atoms with Gasteiger partial charge in [0.15, 0.2) is 5.41 Å². The Labute approximate surface area is 138 Å². The number of hydrogen-bond donors (Lipinski definition) is 2. The molecule has 0 heterocycles. The molecule has 0 aliphatic rings. The molecule has 0 aromatic carbocycles. The van der Waals surface area contributed by atoms with Crippen molar-refractivity contribution >= 4 is 35.0 Å². The van der Waals surface area contributed by atoms with Gasteiger partial charge in [0.25, 0.3) is 0 Å². The Balaban J connectivity index is 0. The van der Waals surface area contributed by atoms with Crippen molar-refractivity contribution in [1.29, 1.82) is 0 Å². The van der Waals surface area contributed by atoms with Gasteiger partial charge < -0.3 is 10.2 Å². The molecule has 5 heteroatoms. The SMILES string of the molecule is CCCCCCCCC(C(=O)O)(C(=O)O)C(C)(C)C.[MgH2]. The summed E-state index contributed by atoms with van der Waals surface area (Å²) in [6, 6.07) is 0. The Hall–Kier alpha value is -0.294. The van der Waals surface area contributed by atoms with Crippen molar-refractivity contribution in [2.24, 2.45) is 10.8 Å². The summed E-state index contributed by atoms with van der Waals surface area (Å²) in [5, 5.41) is 18.8. The normalized spacial score (nSPS) is 11.8. The van der Waals surface area contributed by atoms with Gasteiger partial charge in [-0.3, -0.25) is 9.59 Å². The van der Waals surface area contributed by atoms with Crippen LogP contribution in [0.25, 0.3) is 0 Å². The largest absolute Gasteiger partial charge is 0.480 e. The maximum Gasteiger partial charge on any atom is 0.321 e. The molecule has 0 aliphatic heterocycles. The summed E-state index contributed by atoms with van der Waals surface area (Å²) in [6.07, 6.45) is 6.29. The maximum absolute atomic E-state index is 11.5. The molecule has 0 aromatic rings. The zero-order valence-corrected chi connectivity index (χ0v) is 12.7. The first-order valence-corrected chi connectivity index (χ1v) is 7.17. The average molecular weight is 299 g/mol. The monoisotopic (exact) mass is 298 g/mol. The first kappa shape index (κ1) is 22.0. The predicted octanol–water partition coefficient (Wildman–Crippen LogP) is 3.02. The second-order valence-electron chi connectivity index (χ2n) is 6.28. The number of hydrogen-bond acceptors (Lipinski definition) is 2. The molecule has 2 N–H and O–H groups in total. The number of carboxylic acid groups (broad SMARTS) is 2. The van der Waals surface area contributed by atoms with E-state index in [9.17, 15) is 19.8 Å². The van der Waals surface area contributed by atoms with Crippen LogP contribution in [0.1, 0.15) is 72.6 Å². The third kappa shape index (κ3) is 5.60. The van der Waals surface area contributed by atoms with Crippen molar-refractivity contribution in [2.45, 2.75) is 72.6 Å². The standard InChI is InChI=1S/C15H28O4.Mg.2H/c1-5-6-7-8-9-10-11-15(12(16)17,13(18)19)14(2,3)4;;;/h5-11H2,1-4H3,(H,16,17)(H,18,19);;;. The lowest BCUT2D eigenvalue weighted by Crippen LogP contribution is -2.49. The van der Waals surface area contributed by atoms with Gasteiger partial charge in [-0.1, -0.05) is 66.2 Å². The molecule has 20 heavy (non-hydrogen) atoms. The van der Waals surface area contributed by atoms with Gasteiger partial charge in [0.1, 0.15) is 0 Å². The fourth-order valence-corrected chi connectivity index (χ4v) is 2.49. The molecule has 0 fully saturated rings. The molecular formula is C15H30MgO4. The highest BCUT2D eigenvalue weighted by atomic mass is 24.3. The molecule has 0 rings (SSSR count). The fraction of sp³-hybridized carbons (Fsp3) is 0.867. The van der Waals surface area contributed by atoms with Gasteiger partial charge in [0.05, 0.1) is 0 Å². The van der Waals surface area contributed by atoms with Crippen molar-refractivity contribution in [3.63, 3.8) is 0 Å².